The van der Waals surface area contributed by atoms with E-state index in [2.05, 4.69) is 10.3 Å². The summed E-state index contributed by atoms with van der Waals surface area (Å²) < 4.78 is 13.1. The average Bonchev–Trinajstić information content (AvgIpc) is 2.89. The Labute approximate surface area is 140 Å². The molecular formula is C18H21FN2OS. The highest BCUT2D eigenvalue weighted by molar-refractivity contribution is 7.12. The molecule has 1 aromatic carbocycles. The molecule has 1 amide bonds. The van der Waals surface area contributed by atoms with Gasteiger partial charge in [0.15, 0.2) is 0 Å². The highest BCUT2D eigenvalue weighted by atomic mass is 32.1. The van der Waals surface area contributed by atoms with Crippen molar-refractivity contribution in [3.8, 4) is 11.3 Å². The normalized spacial score (nSPS) is 15.6. The van der Waals surface area contributed by atoms with Gasteiger partial charge >= 0.3 is 0 Å². The minimum atomic E-state index is -0.266. The summed E-state index contributed by atoms with van der Waals surface area (Å²) in [7, 11) is 0. The molecule has 0 radical (unpaired) electrons. The smallest absolute Gasteiger partial charge is 0.225 e. The molecule has 1 heterocycles. The number of carbonyl (C=O) groups is 1. The predicted octanol–water partition coefficient (Wildman–Crippen LogP) is 4.25. The van der Waals surface area contributed by atoms with Crippen molar-refractivity contribution in [1.82, 2.24) is 10.3 Å². The number of amides is 1. The number of aryl methyl sites for hydroxylation is 1. The lowest BCUT2D eigenvalue weighted by Gasteiger charge is -2.22. The second kappa shape index (κ2) is 7.21. The zero-order chi connectivity index (χ0) is 16.2. The highest BCUT2D eigenvalue weighted by Gasteiger charge is 2.19. The van der Waals surface area contributed by atoms with Crippen molar-refractivity contribution in [3.63, 3.8) is 0 Å². The molecule has 1 fully saturated rings. The van der Waals surface area contributed by atoms with Crippen LogP contribution < -0.4 is 5.32 Å². The molecule has 0 bridgehead atoms. The first-order chi connectivity index (χ1) is 11.1. The Balaban J connectivity index is 1.72. The van der Waals surface area contributed by atoms with Crippen molar-refractivity contribution in [2.45, 2.75) is 51.5 Å². The first kappa shape index (κ1) is 16.1. The van der Waals surface area contributed by atoms with Gasteiger partial charge in [-0.25, -0.2) is 9.37 Å². The summed E-state index contributed by atoms with van der Waals surface area (Å²) in [5.74, 6) is -0.207. The quantitative estimate of drug-likeness (QED) is 0.909. The molecule has 1 aliphatic carbocycles. The van der Waals surface area contributed by atoms with Crippen molar-refractivity contribution in [1.29, 1.82) is 0 Å². The fourth-order valence-electron chi connectivity index (χ4n) is 3.09. The molecule has 1 aliphatic rings. The molecule has 23 heavy (non-hydrogen) atoms. The summed E-state index contributed by atoms with van der Waals surface area (Å²) in [6.07, 6.45) is 6.18. The van der Waals surface area contributed by atoms with Crippen LogP contribution in [0.1, 0.15) is 42.0 Å². The molecule has 122 valence electrons. The number of hydrogen-bond acceptors (Lipinski definition) is 3. The van der Waals surface area contributed by atoms with Crippen LogP contribution in [0.15, 0.2) is 24.3 Å². The lowest BCUT2D eigenvalue weighted by Crippen LogP contribution is -2.37. The minimum absolute atomic E-state index is 0.0592. The van der Waals surface area contributed by atoms with Crippen LogP contribution >= 0.6 is 11.3 Å². The van der Waals surface area contributed by atoms with Crippen LogP contribution in [0.25, 0.3) is 11.3 Å². The largest absolute Gasteiger partial charge is 0.353 e. The molecule has 5 heteroatoms. The maximum atomic E-state index is 13.1. The molecular weight excluding hydrogens is 311 g/mol. The van der Waals surface area contributed by atoms with E-state index in [1.165, 1.54) is 42.7 Å². The van der Waals surface area contributed by atoms with Crippen molar-refractivity contribution in [2.24, 2.45) is 0 Å². The third kappa shape index (κ3) is 4.16. The first-order valence-electron chi connectivity index (χ1n) is 8.13. The van der Waals surface area contributed by atoms with Crippen molar-refractivity contribution in [2.75, 3.05) is 0 Å². The number of benzene rings is 1. The Morgan fingerprint density at radius 3 is 2.65 bits per heavy atom. The van der Waals surface area contributed by atoms with Gasteiger partial charge in [-0.15, -0.1) is 11.3 Å². The SMILES string of the molecule is Cc1nc(-c2ccc(F)cc2)c(CC(=O)NC2CCCCC2)s1. The number of nitrogens with zero attached hydrogens (tertiary/aromatic N) is 1. The van der Waals surface area contributed by atoms with Crippen LogP contribution in [-0.2, 0) is 11.2 Å². The average molecular weight is 332 g/mol. The molecule has 0 saturated heterocycles. The standard InChI is InChI=1S/C18H21FN2OS/c1-12-20-18(13-7-9-14(19)10-8-13)16(23-12)11-17(22)21-15-5-3-2-4-6-15/h7-10,15H,2-6,11H2,1H3,(H,21,22). The third-order valence-electron chi connectivity index (χ3n) is 4.21. The van der Waals surface area contributed by atoms with Gasteiger partial charge in [0.2, 0.25) is 5.91 Å². The van der Waals surface area contributed by atoms with Crippen LogP contribution in [0.4, 0.5) is 4.39 Å². The Kier molecular flexibility index (Phi) is 5.06. The molecule has 1 N–H and O–H groups in total. The Morgan fingerprint density at radius 1 is 1.26 bits per heavy atom. The number of hydrogen-bond donors (Lipinski definition) is 1. The van der Waals surface area contributed by atoms with Gasteiger partial charge in [0.25, 0.3) is 0 Å². The van der Waals surface area contributed by atoms with Gasteiger partial charge in [-0.2, -0.15) is 0 Å². The number of nitrogens with one attached hydrogen (secondary N) is 1. The Hall–Kier alpha value is -1.75. The van der Waals surface area contributed by atoms with E-state index in [1.807, 2.05) is 6.92 Å². The molecule has 1 saturated carbocycles. The molecule has 0 spiro atoms. The summed E-state index contributed by atoms with van der Waals surface area (Å²) in [5.41, 5.74) is 1.66. The molecule has 3 rings (SSSR count). The van der Waals surface area contributed by atoms with Gasteiger partial charge in [-0.3, -0.25) is 4.79 Å². The van der Waals surface area contributed by atoms with E-state index in [-0.39, 0.29) is 11.7 Å². The maximum absolute atomic E-state index is 13.1. The zero-order valence-electron chi connectivity index (χ0n) is 13.3. The minimum Gasteiger partial charge on any atom is -0.353 e. The summed E-state index contributed by atoms with van der Waals surface area (Å²) >= 11 is 1.54. The van der Waals surface area contributed by atoms with Crippen LogP contribution in [-0.4, -0.2) is 16.9 Å². The van der Waals surface area contributed by atoms with Crippen LogP contribution in [0.5, 0.6) is 0 Å². The van der Waals surface area contributed by atoms with Gasteiger partial charge in [0, 0.05) is 16.5 Å². The summed E-state index contributed by atoms with van der Waals surface area (Å²) in [5, 5.41) is 4.07. The summed E-state index contributed by atoms with van der Waals surface area (Å²) in [6, 6.07) is 6.60. The van der Waals surface area contributed by atoms with Crippen molar-refractivity contribution >= 4 is 17.2 Å². The second-order valence-electron chi connectivity index (χ2n) is 6.09. The monoisotopic (exact) mass is 332 g/mol. The van der Waals surface area contributed by atoms with E-state index >= 15 is 0 Å². The lowest BCUT2D eigenvalue weighted by molar-refractivity contribution is -0.121. The molecule has 0 unspecified atom stereocenters. The number of thiazole rings is 1. The number of rotatable bonds is 4. The fraction of sp³-hybridized carbons (Fsp3) is 0.444. The first-order valence-corrected chi connectivity index (χ1v) is 8.95. The van der Waals surface area contributed by atoms with Crippen LogP contribution in [0.2, 0.25) is 0 Å². The Morgan fingerprint density at radius 2 is 1.96 bits per heavy atom. The van der Waals surface area contributed by atoms with E-state index in [1.54, 1.807) is 12.1 Å². The zero-order valence-corrected chi connectivity index (χ0v) is 14.1. The van der Waals surface area contributed by atoms with Crippen molar-refractivity contribution < 1.29 is 9.18 Å². The van der Waals surface area contributed by atoms with E-state index in [4.69, 9.17) is 0 Å². The Bertz CT molecular complexity index is 675. The predicted molar refractivity (Wildman–Crippen MR) is 91.0 cm³/mol. The van der Waals surface area contributed by atoms with E-state index in [9.17, 15) is 9.18 Å². The van der Waals surface area contributed by atoms with Gasteiger partial charge in [0.05, 0.1) is 17.1 Å². The van der Waals surface area contributed by atoms with Crippen molar-refractivity contribution in [3.05, 3.63) is 40.0 Å². The molecule has 0 atom stereocenters. The lowest BCUT2D eigenvalue weighted by atomic mass is 9.95. The molecule has 1 aromatic heterocycles. The topological polar surface area (TPSA) is 42.0 Å². The maximum Gasteiger partial charge on any atom is 0.225 e. The fourth-order valence-corrected chi connectivity index (χ4v) is 4.05. The second-order valence-corrected chi connectivity index (χ2v) is 7.38. The van der Waals surface area contributed by atoms with E-state index in [0.717, 1.165) is 34.0 Å². The van der Waals surface area contributed by atoms with E-state index in [0.29, 0.717) is 12.5 Å². The number of carbonyl (C=O) groups excluding carboxylic acids is 1. The van der Waals surface area contributed by atoms with Crippen LogP contribution in [0, 0.1) is 12.7 Å². The molecule has 2 aromatic rings. The van der Waals surface area contributed by atoms with Gasteiger partial charge in [-0.05, 0) is 44.0 Å². The van der Waals surface area contributed by atoms with Gasteiger partial charge < -0.3 is 5.32 Å². The molecule has 3 nitrogen and oxygen atoms in total. The summed E-state index contributed by atoms with van der Waals surface area (Å²) in [6.45, 7) is 1.93. The highest BCUT2D eigenvalue weighted by Crippen LogP contribution is 2.29. The van der Waals surface area contributed by atoms with Gasteiger partial charge in [-0.1, -0.05) is 19.3 Å². The number of aromatic nitrogens is 1. The van der Waals surface area contributed by atoms with Gasteiger partial charge in [0.1, 0.15) is 5.82 Å². The third-order valence-corrected chi connectivity index (χ3v) is 5.18. The van der Waals surface area contributed by atoms with Crippen LogP contribution in [0.3, 0.4) is 0 Å². The number of halogens is 1. The van der Waals surface area contributed by atoms with E-state index < -0.39 is 0 Å². The summed E-state index contributed by atoms with van der Waals surface area (Å²) in [4.78, 5) is 17.8. The molecule has 0 aliphatic heterocycles.